The Morgan fingerprint density at radius 2 is 1.31 bits per heavy atom. The lowest BCUT2D eigenvalue weighted by molar-refractivity contribution is 0.572. The molecule has 0 fully saturated rings. The number of hydrogen-bond acceptors (Lipinski definition) is 3. The Morgan fingerprint density at radius 3 is 1.69 bits per heavy atom. The molecule has 2 aromatic rings. The van der Waals surface area contributed by atoms with Crippen LogP contribution >= 0.6 is 40.0 Å². The number of benzene rings is 2. The maximum absolute atomic E-state index is 12.0. The summed E-state index contributed by atoms with van der Waals surface area (Å²) in [6.45, 7) is 3.78. The molecule has 0 heterocycles. The van der Waals surface area contributed by atoms with Crippen molar-refractivity contribution in [1.82, 2.24) is 10.4 Å². The normalized spacial score (nSPS) is 12.0. The molecule has 0 aliphatic heterocycles. The van der Waals surface area contributed by atoms with Crippen molar-refractivity contribution >= 4 is 51.4 Å². The monoisotopic (exact) mass is 497 g/mol. The van der Waals surface area contributed by atoms with Crippen molar-refractivity contribution in [2.45, 2.75) is 26.7 Å². The Kier molecular flexibility index (Phi) is 8.42. The molecule has 0 aliphatic carbocycles. The van der Waals surface area contributed by atoms with Crippen molar-refractivity contribution in [2.75, 3.05) is 0 Å². The molecule has 0 aliphatic rings. The van der Waals surface area contributed by atoms with E-state index in [2.05, 4.69) is 52.5 Å². The van der Waals surface area contributed by atoms with Crippen LogP contribution in [0.4, 0.5) is 0 Å². The van der Waals surface area contributed by atoms with E-state index in [4.69, 9.17) is 0 Å². The molecule has 0 saturated heterocycles. The van der Waals surface area contributed by atoms with Gasteiger partial charge in [0.05, 0.1) is 0 Å². The minimum absolute atomic E-state index is 0.681. The fourth-order valence-electron chi connectivity index (χ4n) is 2.25. The number of hydrogen-bond donors (Lipinski definition) is 2. The van der Waals surface area contributed by atoms with E-state index in [1.54, 1.807) is 0 Å². The van der Waals surface area contributed by atoms with Crippen molar-refractivity contribution < 1.29 is 4.57 Å². The smallest absolute Gasteiger partial charge is 0.144 e. The lowest BCUT2D eigenvalue weighted by Crippen LogP contribution is -2.10. The zero-order chi connectivity index (χ0) is 18.9. The van der Waals surface area contributed by atoms with E-state index in [-0.39, 0.29) is 0 Å². The van der Waals surface area contributed by atoms with E-state index in [0.29, 0.717) is 12.8 Å². The summed E-state index contributed by atoms with van der Waals surface area (Å²) in [5.41, 5.74) is 3.94. The molecular weight excluding hydrogens is 479 g/mol. The van der Waals surface area contributed by atoms with Gasteiger partial charge in [0.25, 0.3) is 0 Å². The molecule has 0 bridgehead atoms. The predicted octanol–water partition coefficient (Wildman–Crippen LogP) is 5.59. The molecule has 0 aromatic heterocycles. The molecule has 0 atom stereocenters. The third kappa shape index (κ3) is 7.77. The molecule has 8 heteroatoms. The fraction of sp³-hybridized carbons (Fsp3) is 0.222. The van der Waals surface area contributed by atoms with Gasteiger partial charge in [0.15, 0.2) is 0 Å². The summed E-state index contributed by atoms with van der Waals surface area (Å²) in [5.74, 6) is 0. The van der Waals surface area contributed by atoms with Gasteiger partial charge in [-0.2, -0.15) is 0 Å². The Bertz CT molecular complexity index is 772. The summed E-state index contributed by atoms with van der Waals surface area (Å²) < 4.78 is 14.0. The average Bonchev–Trinajstić information content (AvgIpc) is 2.58. The second-order valence-corrected chi connectivity index (χ2v) is 8.62. The zero-order valence-corrected chi connectivity index (χ0v) is 18.6. The van der Waals surface area contributed by atoms with Crippen LogP contribution in [0.5, 0.6) is 0 Å². The molecule has 2 rings (SSSR count). The van der Waals surface area contributed by atoms with Crippen LogP contribution in [0.3, 0.4) is 0 Å². The fourth-order valence-corrected chi connectivity index (χ4v) is 3.71. The SMILES string of the molecule is C/C(Cc1cccc(Br)c1)=N/N[P+](=O)N/N=C(/C)Cc1cccc(Br)c1. The van der Waals surface area contributed by atoms with Gasteiger partial charge in [-0.3, -0.25) is 0 Å². The molecule has 0 saturated carbocycles. The van der Waals surface area contributed by atoms with E-state index in [9.17, 15) is 4.57 Å². The molecule has 0 unspecified atom stereocenters. The van der Waals surface area contributed by atoms with Gasteiger partial charge >= 0.3 is 8.10 Å². The summed E-state index contributed by atoms with van der Waals surface area (Å²) in [6.07, 6.45) is 1.36. The Labute approximate surface area is 171 Å². The van der Waals surface area contributed by atoms with Crippen molar-refractivity contribution in [3.8, 4) is 0 Å². The van der Waals surface area contributed by atoms with Crippen LogP contribution in [0.15, 0.2) is 67.7 Å². The first-order chi connectivity index (χ1) is 12.4. The summed E-state index contributed by atoms with van der Waals surface area (Å²) >= 11 is 6.89. The van der Waals surface area contributed by atoms with Gasteiger partial charge in [-0.05, 0) is 53.8 Å². The highest BCUT2D eigenvalue weighted by atomic mass is 79.9. The third-order valence-electron chi connectivity index (χ3n) is 3.36. The van der Waals surface area contributed by atoms with Crippen molar-refractivity contribution in [2.24, 2.45) is 10.2 Å². The van der Waals surface area contributed by atoms with Gasteiger partial charge in [0, 0.05) is 33.2 Å². The van der Waals surface area contributed by atoms with Crippen LogP contribution in [-0.4, -0.2) is 11.4 Å². The zero-order valence-electron chi connectivity index (χ0n) is 14.5. The minimum Gasteiger partial charge on any atom is -0.144 e. The Balaban J connectivity index is 1.81. The highest BCUT2D eigenvalue weighted by Gasteiger charge is 2.13. The quantitative estimate of drug-likeness (QED) is 0.283. The number of hydrazone groups is 2. The molecule has 26 heavy (non-hydrogen) atoms. The minimum atomic E-state index is -1.95. The van der Waals surface area contributed by atoms with Crippen LogP contribution in [0.25, 0.3) is 0 Å². The number of nitrogens with zero attached hydrogens (tertiary/aromatic N) is 2. The van der Waals surface area contributed by atoms with Gasteiger partial charge in [0.2, 0.25) is 0 Å². The second-order valence-electron chi connectivity index (χ2n) is 5.80. The number of halogens is 2. The predicted molar refractivity (Wildman–Crippen MR) is 116 cm³/mol. The van der Waals surface area contributed by atoms with E-state index < -0.39 is 8.10 Å². The van der Waals surface area contributed by atoms with Gasteiger partial charge < -0.3 is 0 Å². The van der Waals surface area contributed by atoms with Crippen molar-refractivity contribution in [1.29, 1.82) is 0 Å². The first kappa shape index (κ1) is 20.7. The van der Waals surface area contributed by atoms with Gasteiger partial charge in [-0.1, -0.05) is 66.5 Å². The lowest BCUT2D eigenvalue weighted by Gasteiger charge is -2.01. The molecule has 2 N–H and O–H groups in total. The van der Waals surface area contributed by atoms with Gasteiger partial charge in [0.1, 0.15) is 0 Å². The third-order valence-corrected chi connectivity index (χ3v) is 4.91. The standard InChI is InChI=1S/C18H20Br2N4OP/c1-13(9-15-5-3-7-17(19)11-15)21-23-26(25)24-22-14(2)10-16-6-4-8-18(20)12-16/h3-8,11-12H,9-10H2,1-2H3,(H2,23,24,25)/q+1/b21-13-,22-14-. The molecule has 2 aromatic carbocycles. The topological polar surface area (TPSA) is 65.8 Å². The molecular formula is C18H20Br2N4OP+. The molecule has 136 valence electrons. The van der Waals surface area contributed by atoms with Crippen LogP contribution in [0.2, 0.25) is 0 Å². The lowest BCUT2D eigenvalue weighted by atomic mass is 10.1. The van der Waals surface area contributed by atoms with Gasteiger partial charge in [-0.15, -0.1) is 10.2 Å². The Hall–Kier alpha value is -1.56. The summed E-state index contributed by atoms with van der Waals surface area (Å²) in [5, 5.41) is 13.5. The Morgan fingerprint density at radius 1 is 0.885 bits per heavy atom. The van der Waals surface area contributed by atoms with Crippen molar-refractivity contribution in [3.05, 3.63) is 68.6 Å². The highest BCUT2D eigenvalue weighted by molar-refractivity contribution is 9.10. The van der Waals surface area contributed by atoms with Crippen LogP contribution in [0, 0.1) is 0 Å². The van der Waals surface area contributed by atoms with Crippen molar-refractivity contribution in [3.63, 3.8) is 0 Å². The van der Waals surface area contributed by atoms with E-state index >= 15 is 0 Å². The first-order valence-electron chi connectivity index (χ1n) is 7.96. The highest BCUT2D eigenvalue weighted by Crippen LogP contribution is 2.14. The van der Waals surface area contributed by atoms with E-state index in [1.807, 2.05) is 62.4 Å². The van der Waals surface area contributed by atoms with Crippen LogP contribution in [-0.2, 0) is 17.4 Å². The van der Waals surface area contributed by atoms with Crippen LogP contribution < -0.4 is 10.4 Å². The summed E-state index contributed by atoms with van der Waals surface area (Å²) in [6, 6.07) is 16.0. The molecule has 0 amide bonds. The molecule has 5 nitrogen and oxygen atoms in total. The number of rotatable bonds is 8. The first-order valence-corrected chi connectivity index (χ1v) is 10.8. The summed E-state index contributed by atoms with van der Waals surface area (Å²) in [7, 11) is -1.95. The van der Waals surface area contributed by atoms with E-state index in [0.717, 1.165) is 31.5 Å². The maximum Gasteiger partial charge on any atom is 0.624 e. The van der Waals surface area contributed by atoms with Gasteiger partial charge in [-0.25, -0.2) is 0 Å². The molecule has 0 radical (unpaired) electrons. The van der Waals surface area contributed by atoms with Crippen LogP contribution in [0.1, 0.15) is 25.0 Å². The number of nitrogens with one attached hydrogen (secondary N) is 2. The largest absolute Gasteiger partial charge is 0.624 e. The maximum atomic E-state index is 12.0. The molecule has 0 spiro atoms. The second kappa shape index (κ2) is 10.6. The average molecular weight is 499 g/mol. The summed E-state index contributed by atoms with van der Waals surface area (Å²) in [4.78, 5) is 0. The van der Waals surface area contributed by atoms with E-state index in [1.165, 1.54) is 0 Å².